The van der Waals surface area contributed by atoms with E-state index in [2.05, 4.69) is 31.2 Å². The van der Waals surface area contributed by atoms with E-state index in [1.54, 1.807) is 30.1 Å². The van der Waals surface area contributed by atoms with Crippen molar-refractivity contribution in [2.45, 2.75) is 109 Å². The Kier molecular flexibility index (Phi) is 20.5. The number of piperidine rings is 3. The van der Waals surface area contributed by atoms with E-state index in [1.165, 1.54) is 28.8 Å². The van der Waals surface area contributed by atoms with E-state index < -0.39 is 11.2 Å². The Hall–Kier alpha value is -4.14. The minimum Gasteiger partial charge on any atom is -0.444 e. The molecule has 3 fully saturated rings. The van der Waals surface area contributed by atoms with Gasteiger partial charge in [-0.3, -0.25) is 14.4 Å². The van der Waals surface area contributed by atoms with Gasteiger partial charge in [0, 0.05) is 72.0 Å². The molecule has 63 heavy (non-hydrogen) atoms. The van der Waals surface area contributed by atoms with Gasteiger partial charge in [0.1, 0.15) is 26.3 Å². The third-order valence-electron chi connectivity index (χ3n) is 9.39. The van der Waals surface area contributed by atoms with Crippen LogP contribution in [0.3, 0.4) is 0 Å². The van der Waals surface area contributed by atoms with Crippen LogP contribution in [0, 0.1) is 0 Å². The second kappa shape index (κ2) is 24.2. The largest absolute Gasteiger partial charge is 0.444 e. The molecule has 3 aromatic rings. The molecule has 2 amide bonds. The van der Waals surface area contributed by atoms with Crippen molar-refractivity contribution < 1.29 is 19.1 Å². The van der Waals surface area contributed by atoms with E-state index in [9.17, 15) is 24.0 Å². The van der Waals surface area contributed by atoms with Gasteiger partial charge < -0.3 is 41.0 Å². The van der Waals surface area contributed by atoms with Crippen LogP contribution in [0.15, 0.2) is 33.0 Å². The van der Waals surface area contributed by atoms with Crippen LogP contribution in [-0.4, -0.2) is 120 Å². The minimum atomic E-state index is -0.518. The van der Waals surface area contributed by atoms with Gasteiger partial charge in [-0.15, -0.1) is 0 Å². The van der Waals surface area contributed by atoms with Crippen LogP contribution >= 0.6 is 46.4 Å². The molecule has 5 N–H and O–H groups in total. The summed E-state index contributed by atoms with van der Waals surface area (Å²) in [7, 11) is 4.63. The van der Waals surface area contributed by atoms with Crippen molar-refractivity contribution in [2.75, 3.05) is 49.9 Å². The van der Waals surface area contributed by atoms with Gasteiger partial charge in [-0.2, -0.15) is 15.3 Å². The molecule has 19 nitrogen and oxygen atoms in total. The summed E-state index contributed by atoms with van der Waals surface area (Å²) in [6, 6.07) is 0.430. The van der Waals surface area contributed by atoms with Crippen LogP contribution < -0.4 is 38.4 Å². The monoisotopic (exact) mass is 962 g/mol. The van der Waals surface area contributed by atoms with Gasteiger partial charge in [0.25, 0.3) is 16.7 Å². The van der Waals surface area contributed by atoms with Crippen molar-refractivity contribution >= 4 is 70.0 Å². The van der Waals surface area contributed by atoms with Crippen molar-refractivity contribution in [2.24, 2.45) is 26.9 Å². The number of hydrogen-bond donors (Lipinski definition) is 4. The molecule has 6 rings (SSSR count). The fraction of sp³-hybridized carbons (Fsp3) is 0.650. The number of carbonyl (C=O) groups is 2. The van der Waals surface area contributed by atoms with E-state index in [0.29, 0.717) is 37.1 Å². The highest BCUT2D eigenvalue weighted by molar-refractivity contribution is 6.41. The lowest BCUT2D eigenvalue weighted by molar-refractivity contribution is 0.0193. The zero-order valence-corrected chi connectivity index (χ0v) is 40.5. The molecule has 0 aromatic carbocycles. The first-order valence-electron chi connectivity index (χ1n) is 20.6. The lowest BCUT2D eigenvalue weighted by atomic mass is 10.1. The van der Waals surface area contributed by atoms with Crippen LogP contribution in [0.4, 0.5) is 21.0 Å². The summed E-state index contributed by atoms with van der Waals surface area (Å²) >= 11 is 23.0. The molecule has 0 bridgehead atoms. The summed E-state index contributed by atoms with van der Waals surface area (Å²) in [6.07, 6.45) is 9.80. The number of halogens is 4. The first-order valence-corrected chi connectivity index (χ1v) is 22.1. The summed E-state index contributed by atoms with van der Waals surface area (Å²) in [6.45, 7) is 15.6. The number of nitrogens with one attached hydrogen (secondary N) is 3. The van der Waals surface area contributed by atoms with Crippen molar-refractivity contribution in [3.8, 4) is 0 Å². The molecule has 23 heteroatoms. The zero-order valence-electron chi connectivity index (χ0n) is 37.5. The van der Waals surface area contributed by atoms with E-state index >= 15 is 0 Å². The molecule has 3 atom stereocenters. The van der Waals surface area contributed by atoms with Gasteiger partial charge >= 0.3 is 12.2 Å². The maximum Gasteiger partial charge on any atom is 0.410 e. The molecule has 0 aliphatic carbocycles. The van der Waals surface area contributed by atoms with Crippen molar-refractivity contribution in [3.63, 3.8) is 0 Å². The number of aromatic nitrogens is 6. The van der Waals surface area contributed by atoms with Crippen LogP contribution in [0.1, 0.15) is 80.1 Å². The van der Waals surface area contributed by atoms with Crippen molar-refractivity contribution in [3.05, 3.63) is 69.7 Å². The summed E-state index contributed by atoms with van der Waals surface area (Å²) < 4.78 is 14.2. The third-order valence-corrected chi connectivity index (χ3v) is 10.9. The number of carbonyl (C=O) groups excluding carboxylic acids is 2. The molecular formula is C40H62Cl4N12O7. The second-order valence-electron chi connectivity index (χ2n) is 17.3. The number of likely N-dealkylation sites (tertiary alicyclic amines) is 2. The highest BCUT2D eigenvalue weighted by atomic mass is 35.5. The number of nitrogens with zero attached hydrogens (tertiary/aromatic N) is 8. The van der Waals surface area contributed by atoms with Crippen LogP contribution in [0.2, 0.25) is 20.1 Å². The zero-order chi connectivity index (χ0) is 47.2. The second-order valence-corrected chi connectivity index (χ2v) is 18.8. The number of nitrogens with two attached hydrogens (primary N) is 1. The Morgan fingerprint density at radius 1 is 0.667 bits per heavy atom. The lowest BCUT2D eigenvalue weighted by Crippen LogP contribution is -2.47. The van der Waals surface area contributed by atoms with Crippen LogP contribution in [-0.2, 0) is 30.6 Å². The van der Waals surface area contributed by atoms with E-state index in [4.69, 9.17) is 61.6 Å². The maximum absolute atomic E-state index is 12.2. The Balaban J connectivity index is 0.000000233. The minimum absolute atomic E-state index is 0.00248. The van der Waals surface area contributed by atoms with Gasteiger partial charge in [-0.1, -0.05) is 46.4 Å². The fourth-order valence-electron chi connectivity index (χ4n) is 6.22. The Bertz CT molecular complexity index is 2170. The van der Waals surface area contributed by atoms with E-state index in [-0.39, 0.29) is 61.0 Å². The summed E-state index contributed by atoms with van der Waals surface area (Å²) in [5.74, 6) is 0. The molecule has 3 aliphatic rings. The number of hydrogen-bond acceptors (Lipinski definition) is 14. The normalized spacial score (nSPS) is 18.9. The quantitative estimate of drug-likeness (QED) is 0.261. The standard InChI is InChI=1S/C15H23ClN4O3.C10H15ClN4O.C10H20N2O2.C5H4Cl2N2O/c1-15(2,3)23-14(22)20-7-5-6-10(9-20)18-11-8-17-19(4)13(21)12(11)16;1-15-10(16)9(11)8(6-13-15)14-7-3-2-4-12-5-7;1-10(2,3)14-9(13)12-6-4-5-8(11)7-12;1-9-5(10)4(7)3(6)2-8-9/h8,10,18H,5-7,9H2,1-4H3;6-7,12,14H,2-5H2,1H3;8H,4-7,11H2,1-3H3;2H,1H3. The van der Waals surface area contributed by atoms with Gasteiger partial charge in [-0.25, -0.2) is 23.6 Å². The molecule has 0 saturated carbocycles. The number of rotatable bonds is 4. The summed E-state index contributed by atoms with van der Waals surface area (Å²) in [5.41, 5.74) is 4.96. The predicted molar refractivity (Wildman–Crippen MR) is 247 cm³/mol. The summed E-state index contributed by atoms with van der Waals surface area (Å²) in [5, 5.41) is 21.8. The topological polar surface area (TPSA) is 226 Å². The fourth-order valence-corrected chi connectivity index (χ4v) is 6.96. The first kappa shape index (κ1) is 53.2. The Morgan fingerprint density at radius 3 is 1.54 bits per heavy atom. The summed E-state index contributed by atoms with van der Waals surface area (Å²) in [4.78, 5) is 61.4. The highest BCUT2D eigenvalue weighted by Crippen LogP contribution is 2.22. The molecule has 6 heterocycles. The molecule has 352 valence electrons. The van der Waals surface area contributed by atoms with Crippen molar-refractivity contribution in [1.82, 2.24) is 44.5 Å². The third kappa shape index (κ3) is 17.7. The smallest absolute Gasteiger partial charge is 0.410 e. The number of aryl methyl sites for hydroxylation is 3. The molecule has 3 aliphatic heterocycles. The SMILES string of the molecule is CC(C)(C)OC(=O)N1CCCC(N)C1.Cn1ncc(Cl)c(Cl)c1=O.Cn1ncc(NC2CCCN(C(=O)OC(C)(C)C)C2)c(Cl)c1=O.Cn1ncc(NC2CCCNC2)c(Cl)c1=O. The highest BCUT2D eigenvalue weighted by Gasteiger charge is 2.29. The Morgan fingerprint density at radius 2 is 1.10 bits per heavy atom. The van der Waals surface area contributed by atoms with E-state index in [1.807, 2.05) is 41.5 Å². The van der Waals surface area contributed by atoms with Gasteiger partial charge in [0.15, 0.2) is 0 Å². The first-order chi connectivity index (χ1) is 29.4. The molecule has 3 saturated heterocycles. The molecule has 3 unspecified atom stereocenters. The molecular weight excluding hydrogens is 902 g/mol. The average Bonchev–Trinajstić information content (AvgIpc) is 3.22. The van der Waals surface area contributed by atoms with Gasteiger partial charge in [0.2, 0.25) is 0 Å². The molecule has 3 aromatic heterocycles. The van der Waals surface area contributed by atoms with Crippen LogP contribution in [0.5, 0.6) is 0 Å². The predicted octanol–water partition coefficient (Wildman–Crippen LogP) is 5.27. The molecule has 0 radical (unpaired) electrons. The number of ether oxygens (including phenoxy) is 2. The van der Waals surface area contributed by atoms with E-state index in [0.717, 1.165) is 62.8 Å². The van der Waals surface area contributed by atoms with Crippen LogP contribution in [0.25, 0.3) is 0 Å². The number of anilines is 2. The van der Waals surface area contributed by atoms with Gasteiger partial charge in [0.05, 0.1) is 35.0 Å². The lowest BCUT2D eigenvalue weighted by Gasteiger charge is -2.34. The van der Waals surface area contributed by atoms with Crippen molar-refractivity contribution in [1.29, 1.82) is 0 Å². The number of amides is 2. The Labute approximate surface area is 387 Å². The maximum atomic E-state index is 12.2. The molecule has 0 spiro atoms. The van der Waals surface area contributed by atoms with Gasteiger partial charge in [-0.05, 0) is 86.6 Å². The average molecular weight is 965 g/mol.